The SMILES string of the molecule is Cc1cc(S(=O)(=O)Nc2ccc(N3c4ccccc4CC3C)cn2)ccc1F. The highest BCUT2D eigenvalue weighted by Gasteiger charge is 2.27. The van der Waals surface area contributed by atoms with Crippen LogP contribution in [0.2, 0.25) is 0 Å². The Bertz CT molecular complexity index is 1130. The molecule has 0 saturated heterocycles. The van der Waals surface area contributed by atoms with E-state index in [1.807, 2.05) is 18.2 Å². The van der Waals surface area contributed by atoms with Gasteiger partial charge in [-0.05, 0) is 67.8 Å². The van der Waals surface area contributed by atoms with Gasteiger partial charge in [0, 0.05) is 11.7 Å². The molecule has 0 saturated carbocycles. The molecule has 5 nitrogen and oxygen atoms in total. The zero-order valence-electron chi connectivity index (χ0n) is 15.6. The maximum absolute atomic E-state index is 13.4. The van der Waals surface area contributed by atoms with Gasteiger partial charge in [0.1, 0.15) is 11.6 Å². The van der Waals surface area contributed by atoms with Gasteiger partial charge >= 0.3 is 0 Å². The van der Waals surface area contributed by atoms with Gasteiger partial charge in [-0.1, -0.05) is 18.2 Å². The molecule has 2 aromatic carbocycles. The minimum absolute atomic E-state index is 0.000584. The quantitative estimate of drug-likeness (QED) is 0.708. The van der Waals surface area contributed by atoms with Gasteiger partial charge < -0.3 is 4.90 Å². The van der Waals surface area contributed by atoms with E-state index in [1.165, 1.54) is 24.6 Å². The van der Waals surface area contributed by atoms with Crippen LogP contribution in [0.25, 0.3) is 0 Å². The summed E-state index contributed by atoms with van der Waals surface area (Å²) in [5.74, 6) is -0.229. The third-order valence-electron chi connectivity index (χ3n) is 4.91. The van der Waals surface area contributed by atoms with E-state index in [9.17, 15) is 12.8 Å². The molecule has 0 amide bonds. The molecule has 0 fully saturated rings. The second-order valence-electron chi connectivity index (χ2n) is 6.97. The van der Waals surface area contributed by atoms with E-state index in [1.54, 1.807) is 12.3 Å². The topological polar surface area (TPSA) is 62.3 Å². The van der Waals surface area contributed by atoms with E-state index in [2.05, 4.69) is 33.7 Å². The molecule has 0 bridgehead atoms. The van der Waals surface area contributed by atoms with Gasteiger partial charge in [-0.2, -0.15) is 0 Å². The highest BCUT2D eigenvalue weighted by atomic mass is 32.2. The number of benzene rings is 2. The standard InChI is InChI=1S/C21H20FN3O2S/c1-14-11-18(8-9-19(14)22)28(26,27)24-21-10-7-17(13-23-21)25-15(2)12-16-5-3-4-6-20(16)25/h3-11,13,15H,12H2,1-2H3,(H,23,24). The molecule has 7 heteroatoms. The molecule has 144 valence electrons. The number of rotatable bonds is 4. The normalized spacial score (nSPS) is 16.1. The van der Waals surface area contributed by atoms with Crippen molar-refractivity contribution < 1.29 is 12.8 Å². The molecule has 0 spiro atoms. The van der Waals surface area contributed by atoms with Gasteiger partial charge in [0.15, 0.2) is 0 Å². The van der Waals surface area contributed by atoms with Gasteiger partial charge in [-0.25, -0.2) is 17.8 Å². The predicted octanol–water partition coefficient (Wildman–Crippen LogP) is 4.41. The van der Waals surface area contributed by atoms with Gasteiger partial charge in [-0.15, -0.1) is 0 Å². The number of fused-ring (bicyclic) bond motifs is 1. The van der Waals surface area contributed by atoms with Crippen molar-refractivity contribution in [2.45, 2.75) is 31.2 Å². The van der Waals surface area contributed by atoms with Crippen molar-refractivity contribution in [2.24, 2.45) is 0 Å². The molecule has 2 heterocycles. The van der Waals surface area contributed by atoms with Crippen LogP contribution in [0, 0.1) is 12.7 Å². The number of nitrogens with one attached hydrogen (secondary N) is 1. The Balaban J connectivity index is 1.58. The van der Waals surface area contributed by atoms with Crippen LogP contribution >= 0.6 is 0 Å². The molecule has 1 N–H and O–H groups in total. The fourth-order valence-corrected chi connectivity index (χ4v) is 4.62. The first kappa shape index (κ1) is 18.4. The first-order chi connectivity index (χ1) is 13.3. The van der Waals surface area contributed by atoms with Crippen molar-refractivity contribution in [3.05, 3.63) is 77.7 Å². The molecule has 1 unspecified atom stereocenters. The summed E-state index contributed by atoms with van der Waals surface area (Å²) in [6.07, 6.45) is 2.61. The van der Waals surface area contributed by atoms with Crippen LogP contribution in [0.1, 0.15) is 18.1 Å². The summed E-state index contributed by atoms with van der Waals surface area (Å²) in [5, 5.41) is 0. The Morgan fingerprint density at radius 2 is 1.93 bits per heavy atom. The molecular weight excluding hydrogens is 377 g/mol. The second kappa shape index (κ2) is 6.91. The number of nitrogens with zero attached hydrogens (tertiary/aromatic N) is 2. The number of hydrogen-bond acceptors (Lipinski definition) is 4. The fraction of sp³-hybridized carbons (Fsp3) is 0.190. The molecule has 28 heavy (non-hydrogen) atoms. The van der Waals surface area contributed by atoms with Crippen LogP contribution in [-0.2, 0) is 16.4 Å². The summed E-state index contributed by atoms with van der Waals surface area (Å²) >= 11 is 0. The third kappa shape index (κ3) is 3.33. The summed E-state index contributed by atoms with van der Waals surface area (Å²) in [4.78, 5) is 6.47. The summed E-state index contributed by atoms with van der Waals surface area (Å²) < 4.78 is 40.9. The van der Waals surface area contributed by atoms with Gasteiger partial charge in [0.2, 0.25) is 0 Å². The number of para-hydroxylation sites is 1. The maximum Gasteiger partial charge on any atom is 0.263 e. The number of halogens is 1. The van der Waals surface area contributed by atoms with E-state index < -0.39 is 15.8 Å². The van der Waals surface area contributed by atoms with Crippen LogP contribution in [0.5, 0.6) is 0 Å². The van der Waals surface area contributed by atoms with E-state index in [4.69, 9.17) is 0 Å². The van der Waals surface area contributed by atoms with Crippen molar-refractivity contribution in [3.8, 4) is 0 Å². The molecule has 4 rings (SSSR count). The van der Waals surface area contributed by atoms with Crippen molar-refractivity contribution in [2.75, 3.05) is 9.62 Å². The van der Waals surface area contributed by atoms with Crippen LogP contribution in [0.15, 0.2) is 65.7 Å². The molecule has 3 aromatic rings. The monoisotopic (exact) mass is 397 g/mol. The van der Waals surface area contributed by atoms with Crippen molar-refractivity contribution in [1.82, 2.24) is 4.98 Å². The summed E-state index contributed by atoms with van der Waals surface area (Å²) in [5.41, 5.74) is 3.60. The lowest BCUT2D eigenvalue weighted by Gasteiger charge is -2.24. The number of sulfonamides is 1. The summed E-state index contributed by atoms with van der Waals surface area (Å²) in [6, 6.07) is 15.7. The molecular formula is C21H20FN3O2S. The lowest BCUT2D eigenvalue weighted by molar-refractivity contribution is 0.598. The van der Waals surface area contributed by atoms with Crippen molar-refractivity contribution in [3.63, 3.8) is 0 Å². The average Bonchev–Trinajstić information content (AvgIpc) is 3.00. The minimum Gasteiger partial charge on any atom is -0.337 e. The Kier molecular flexibility index (Phi) is 4.55. The largest absolute Gasteiger partial charge is 0.337 e. The first-order valence-corrected chi connectivity index (χ1v) is 10.5. The average molecular weight is 397 g/mol. The van der Waals surface area contributed by atoms with E-state index >= 15 is 0 Å². The van der Waals surface area contributed by atoms with Gasteiger partial charge in [0.05, 0.1) is 16.8 Å². The Morgan fingerprint density at radius 1 is 1.14 bits per heavy atom. The summed E-state index contributed by atoms with van der Waals surface area (Å²) in [6.45, 7) is 3.67. The van der Waals surface area contributed by atoms with Crippen molar-refractivity contribution in [1.29, 1.82) is 0 Å². The molecule has 0 radical (unpaired) electrons. The predicted molar refractivity (Wildman–Crippen MR) is 108 cm³/mol. The van der Waals surface area contributed by atoms with Crippen molar-refractivity contribution >= 4 is 27.2 Å². The zero-order chi connectivity index (χ0) is 19.9. The molecule has 1 atom stereocenters. The van der Waals surface area contributed by atoms with E-state index in [-0.39, 0.29) is 16.3 Å². The maximum atomic E-state index is 13.4. The summed E-state index contributed by atoms with van der Waals surface area (Å²) in [7, 11) is -3.84. The zero-order valence-corrected chi connectivity index (χ0v) is 16.4. The molecule has 1 aromatic heterocycles. The number of pyridine rings is 1. The second-order valence-corrected chi connectivity index (χ2v) is 8.65. The van der Waals surface area contributed by atoms with Crippen LogP contribution in [-0.4, -0.2) is 19.4 Å². The van der Waals surface area contributed by atoms with Gasteiger partial charge in [-0.3, -0.25) is 4.72 Å². The number of aromatic nitrogens is 1. The van der Waals surface area contributed by atoms with E-state index in [0.29, 0.717) is 6.04 Å². The number of aryl methyl sites for hydroxylation is 1. The van der Waals surface area contributed by atoms with Crippen LogP contribution in [0.3, 0.4) is 0 Å². The number of hydrogen-bond donors (Lipinski definition) is 1. The fourth-order valence-electron chi connectivity index (χ4n) is 3.53. The molecule has 1 aliphatic rings. The Hall–Kier alpha value is -2.93. The lowest BCUT2D eigenvalue weighted by Crippen LogP contribution is -2.24. The Morgan fingerprint density at radius 3 is 2.64 bits per heavy atom. The van der Waals surface area contributed by atoms with Crippen LogP contribution < -0.4 is 9.62 Å². The van der Waals surface area contributed by atoms with Crippen LogP contribution in [0.4, 0.5) is 21.6 Å². The number of anilines is 3. The minimum atomic E-state index is -3.84. The highest BCUT2D eigenvalue weighted by Crippen LogP contribution is 2.37. The molecule has 1 aliphatic heterocycles. The van der Waals surface area contributed by atoms with E-state index in [0.717, 1.165) is 23.9 Å². The third-order valence-corrected chi connectivity index (χ3v) is 6.26. The first-order valence-electron chi connectivity index (χ1n) is 8.97. The molecule has 0 aliphatic carbocycles. The van der Waals surface area contributed by atoms with Gasteiger partial charge in [0.25, 0.3) is 10.0 Å². The highest BCUT2D eigenvalue weighted by molar-refractivity contribution is 7.92. The smallest absolute Gasteiger partial charge is 0.263 e. The Labute approximate surface area is 163 Å². The lowest BCUT2D eigenvalue weighted by atomic mass is 10.1.